The van der Waals surface area contributed by atoms with Crippen LogP contribution in [0.2, 0.25) is 0 Å². The van der Waals surface area contributed by atoms with E-state index in [-0.39, 0.29) is 49.4 Å². The van der Waals surface area contributed by atoms with Gasteiger partial charge in [0.15, 0.2) is 0 Å². The second-order valence-corrected chi connectivity index (χ2v) is 11.3. The van der Waals surface area contributed by atoms with Gasteiger partial charge in [-0.2, -0.15) is 35.9 Å². The van der Waals surface area contributed by atoms with Gasteiger partial charge in [-0.1, -0.05) is 65.3 Å². The predicted octanol–water partition coefficient (Wildman–Crippen LogP) is 6.05. The third-order valence-corrected chi connectivity index (χ3v) is 6.21. The molecule has 0 N–H and O–H groups in total. The number of hydrogen-bond donors (Lipinski definition) is 0. The molecular formula is C33H39ClZr. The van der Waals surface area contributed by atoms with Crippen molar-refractivity contribution in [3.8, 4) is 11.1 Å². The second kappa shape index (κ2) is 13.2. The predicted molar refractivity (Wildman–Crippen MR) is 143 cm³/mol. The number of benzene rings is 2. The Morgan fingerprint density at radius 3 is 1.66 bits per heavy atom. The summed E-state index contributed by atoms with van der Waals surface area (Å²) in [5.74, 6) is 0. The Balaban J connectivity index is 0.000000360. The SMILES string of the molecule is CC(C)(C)c1[c-]c2c(cc1)-c1ccc(C(C)(C)C)cc1C2.CC1=CC[C-]=C1.CC1=CC[C-]=C1.[Cl-].[Zr+4]. The number of rotatable bonds is 0. The monoisotopic (exact) mass is 560 g/mol. The molecule has 0 saturated heterocycles. The minimum atomic E-state index is 0. The summed E-state index contributed by atoms with van der Waals surface area (Å²) in [6.07, 6.45) is 17.5. The van der Waals surface area contributed by atoms with Gasteiger partial charge in [-0.15, -0.1) is 37.8 Å². The van der Waals surface area contributed by atoms with E-state index >= 15 is 0 Å². The molecule has 0 nitrogen and oxygen atoms in total. The van der Waals surface area contributed by atoms with Gasteiger partial charge in [0, 0.05) is 0 Å². The molecule has 3 aliphatic carbocycles. The third-order valence-electron chi connectivity index (χ3n) is 6.21. The van der Waals surface area contributed by atoms with Crippen molar-refractivity contribution in [2.75, 3.05) is 0 Å². The number of allylic oxidation sites excluding steroid dienone is 8. The molecule has 0 aliphatic heterocycles. The summed E-state index contributed by atoms with van der Waals surface area (Å²) in [6, 6.07) is 15.2. The average molecular weight is 562 g/mol. The van der Waals surface area contributed by atoms with Gasteiger partial charge in [-0.05, 0) is 28.4 Å². The summed E-state index contributed by atoms with van der Waals surface area (Å²) in [5.41, 5.74) is 11.4. The van der Waals surface area contributed by atoms with Crippen molar-refractivity contribution in [1.82, 2.24) is 0 Å². The normalized spacial score (nSPS) is 14.7. The summed E-state index contributed by atoms with van der Waals surface area (Å²) in [7, 11) is 0. The van der Waals surface area contributed by atoms with Crippen molar-refractivity contribution in [3.05, 3.63) is 106 Å². The summed E-state index contributed by atoms with van der Waals surface area (Å²) in [5, 5.41) is 0. The van der Waals surface area contributed by atoms with Crippen LogP contribution < -0.4 is 12.4 Å². The molecule has 0 saturated carbocycles. The molecule has 0 aromatic heterocycles. The molecule has 182 valence electrons. The zero-order valence-corrected chi connectivity index (χ0v) is 25.9. The van der Waals surface area contributed by atoms with E-state index in [9.17, 15) is 0 Å². The van der Waals surface area contributed by atoms with Crippen molar-refractivity contribution in [3.63, 3.8) is 0 Å². The second-order valence-electron chi connectivity index (χ2n) is 11.3. The van der Waals surface area contributed by atoms with Crippen LogP contribution in [0, 0.1) is 18.2 Å². The summed E-state index contributed by atoms with van der Waals surface area (Å²) >= 11 is 0. The molecule has 0 fully saturated rings. The van der Waals surface area contributed by atoms with E-state index in [0.717, 1.165) is 19.3 Å². The molecule has 0 atom stereocenters. The molecule has 0 spiro atoms. The fourth-order valence-electron chi connectivity index (χ4n) is 4.03. The maximum Gasteiger partial charge on any atom is 4.00 e. The molecule has 0 amide bonds. The van der Waals surface area contributed by atoms with Crippen molar-refractivity contribution in [1.29, 1.82) is 0 Å². The summed E-state index contributed by atoms with van der Waals surface area (Å²) in [4.78, 5) is 0. The zero-order valence-electron chi connectivity index (χ0n) is 22.7. The smallest absolute Gasteiger partial charge is 1.00 e. The first kappa shape index (κ1) is 31.6. The van der Waals surface area contributed by atoms with Gasteiger partial charge in [0.2, 0.25) is 0 Å². The summed E-state index contributed by atoms with van der Waals surface area (Å²) < 4.78 is 0. The molecule has 35 heavy (non-hydrogen) atoms. The molecule has 0 radical (unpaired) electrons. The maximum atomic E-state index is 3.67. The Hall–Kier alpha value is -1.43. The Labute approximate surface area is 240 Å². The Bertz CT molecular complexity index is 1020. The van der Waals surface area contributed by atoms with Crippen LogP contribution >= 0.6 is 0 Å². The van der Waals surface area contributed by atoms with Crippen LogP contribution in [-0.4, -0.2) is 0 Å². The zero-order chi connectivity index (χ0) is 24.2. The molecule has 3 aliphatic rings. The molecule has 2 heteroatoms. The topological polar surface area (TPSA) is 0 Å². The Morgan fingerprint density at radius 2 is 1.26 bits per heavy atom. The van der Waals surface area contributed by atoms with E-state index in [0.29, 0.717) is 0 Å². The van der Waals surface area contributed by atoms with Crippen molar-refractivity contribution in [2.45, 2.75) is 85.5 Å². The van der Waals surface area contributed by atoms with Crippen LogP contribution in [-0.2, 0) is 43.5 Å². The van der Waals surface area contributed by atoms with Gasteiger partial charge >= 0.3 is 26.2 Å². The molecule has 2 aromatic carbocycles. The van der Waals surface area contributed by atoms with E-state index in [2.05, 4.69) is 116 Å². The fraction of sp³-hybridized carbons (Fsp3) is 0.394. The quantitative estimate of drug-likeness (QED) is 0.293. The maximum absolute atomic E-state index is 3.67. The number of halogens is 1. The van der Waals surface area contributed by atoms with Gasteiger partial charge in [-0.25, -0.2) is 23.3 Å². The molecule has 0 heterocycles. The largest absolute Gasteiger partial charge is 4.00 e. The van der Waals surface area contributed by atoms with Gasteiger partial charge in [0.05, 0.1) is 0 Å². The van der Waals surface area contributed by atoms with Crippen LogP contribution in [0.15, 0.2) is 65.8 Å². The molecule has 2 aromatic rings. The number of fused-ring (bicyclic) bond motifs is 3. The van der Waals surface area contributed by atoms with E-state index in [1.54, 1.807) is 0 Å². The van der Waals surface area contributed by atoms with Crippen LogP contribution in [0.25, 0.3) is 11.1 Å². The van der Waals surface area contributed by atoms with Crippen LogP contribution in [0.5, 0.6) is 0 Å². The van der Waals surface area contributed by atoms with Crippen molar-refractivity contribution in [2.24, 2.45) is 0 Å². The molecule has 0 unspecified atom stereocenters. The first-order chi connectivity index (χ1) is 15.4. The Morgan fingerprint density at radius 1 is 0.714 bits per heavy atom. The first-order valence-electron chi connectivity index (χ1n) is 12.1. The van der Waals surface area contributed by atoms with Gasteiger partial charge in [-0.3, -0.25) is 12.2 Å². The van der Waals surface area contributed by atoms with Crippen LogP contribution in [0.4, 0.5) is 0 Å². The Kier molecular flexibility index (Phi) is 11.9. The van der Waals surface area contributed by atoms with Gasteiger partial charge in [0.25, 0.3) is 0 Å². The van der Waals surface area contributed by atoms with E-state index in [1.165, 1.54) is 44.5 Å². The van der Waals surface area contributed by atoms with Gasteiger partial charge in [0.1, 0.15) is 0 Å². The minimum Gasteiger partial charge on any atom is -1.00 e. The molecular weight excluding hydrogens is 523 g/mol. The van der Waals surface area contributed by atoms with Crippen molar-refractivity contribution >= 4 is 0 Å². The first-order valence-corrected chi connectivity index (χ1v) is 12.1. The van der Waals surface area contributed by atoms with E-state index < -0.39 is 0 Å². The van der Waals surface area contributed by atoms with E-state index in [1.807, 2.05) is 12.2 Å². The van der Waals surface area contributed by atoms with E-state index in [4.69, 9.17) is 0 Å². The third kappa shape index (κ3) is 8.87. The van der Waals surface area contributed by atoms with Gasteiger partial charge < -0.3 is 12.4 Å². The minimum absolute atomic E-state index is 0. The molecule has 0 bridgehead atoms. The van der Waals surface area contributed by atoms with Crippen LogP contribution in [0.1, 0.15) is 90.5 Å². The van der Waals surface area contributed by atoms with Crippen molar-refractivity contribution < 1.29 is 38.6 Å². The fourth-order valence-corrected chi connectivity index (χ4v) is 4.03. The molecule has 5 rings (SSSR count). The standard InChI is InChI=1S/C21H25.2C6H7.ClH.Zr/c1-20(2,3)16-7-9-18-14(12-16)11-15-13-17(21(4,5)6)8-10-19(15)18;2*1-6-4-2-3-5-6;;/h7-10,12H,11H2,1-6H3;2*4-5H,2H2,1H3;1H;/q3*-1;;+4/p-1. The summed E-state index contributed by atoms with van der Waals surface area (Å²) in [6.45, 7) is 17.8. The average Bonchev–Trinajstić information content (AvgIpc) is 3.47. The van der Waals surface area contributed by atoms with Crippen LogP contribution in [0.3, 0.4) is 0 Å². The number of hydrogen-bond acceptors (Lipinski definition) is 0.